The Kier molecular flexibility index (Phi) is 10.3. The summed E-state index contributed by atoms with van der Waals surface area (Å²) in [6.45, 7) is 4.32. The van der Waals surface area contributed by atoms with Gasteiger partial charge in [0, 0.05) is 43.5 Å². The molecule has 2 aromatic carbocycles. The van der Waals surface area contributed by atoms with Crippen molar-refractivity contribution >= 4 is 39.4 Å². The molecule has 0 radical (unpaired) electrons. The third kappa shape index (κ3) is 7.36. The van der Waals surface area contributed by atoms with Gasteiger partial charge in [0.05, 0.1) is 53.7 Å². The smallest absolute Gasteiger partial charge is 0.411 e. The van der Waals surface area contributed by atoms with Gasteiger partial charge in [0.15, 0.2) is 0 Å². The fraction of sp³-hybridized carbons (Fsp3) is 0.351. The van der Waals surface area contributed by atoms with E-state index < -0.39 is 59.4 Å². The zero-order valence-electron chi connectivity index (χ0n) is 29.2. The molecule has 16 heteroatoms. The van der Waals surface area contributed by atoms with Gasteiger partial charge in [-0.1, -0.05) is 26.0 Å². The minimum Gasteiger partial charge on any atom is -0.464 e. The second-order valence-corrected chi connectivity index (χ2v) is 13.2. The Labute approximate surface area is 300 Å². The van der Waals surface area contributed by atoms with Gasteiger partial charge in [-0.25, -0.2) is 18.5 Å². The Bertz CT molecular complexity index is 2320. The molecule has 53 heavy (non-hydrogen) atoms. The van der Waals surface area contributed by atoms with E-state index in [0.717, 1.165) is 15.5 Å². The number of nitrogens with one attached hydrogen (secondary N) is 1. The molecule has 0 saturated carbocycles. The third-order valence-electron chi connectivity index (χ3n) is 9.06. The molecule has 0 aliphatic carbocycles. The minimum absolute atomic E-state index is 0.00814. The highest BCUT2D eigenvalue weighted by atomic mass is 19.4. The number of amides is 1. The van der Waals surface area contributed by atoms with Crippen molar-refractivity contribution in [3.63, 3.8) is 0 Å². The number of ether oxygens (including phenoxy) is 2. The minimum atomic E-state index is -4.64. The SMILES string of the molecule is Cc1cc(N2CCOC[C@@H]2C(F)(F)F)cc(F)c1C(=O)N[C@@H](Cc1ccc(-n2c(=O)c3ccncc3n(C)c2=O)c2ncccc12)C(=O)OCC(C)C. The number of benzene rings is 2. The number of anilines is 1. The predicted octanol–water partition coefficient (Wildman–Crippen LogP) is 4.39. The number of aromatic nitrogens is 4. The number of hydrogen-bond acceptors (Lipinski definition) is 9. The molecule has 5 aromatic rings. The number of carbonyl (C=O) groups excluding carboxylic acids is 2. The summed E-state index contributed by atoms with van der Waals surface area (Å²) in [4.78, 5) is 63.7. The number of halogens is 4. The van der Waals surface area contributed by atoms with Crippen molar-refractivity contribution in [1.82, 2.24) is 24.4 Å². The van der Waals surface area contributed by atoms with Crippen molar-refractivity contribution in [1.29, 1.82) is 0 Å². The van der Waals surface area contributed by atoms with Crippen LogP contribution in [0.5, 0.6) is 0 Å². The Morgan fingerprint density at radius 1 is 1.09 bits per heavy atom. The van der Waals surface area contributed by atoms with Gasteiger partial charge >= 0.3 is 17.8 Å². The van der Waals surface area contributed by atoms with Crippen LogP contribution in [-0.2, 0) is 27.7 Å². The molecule has 6 rings (SSSR count). The van der Waals surface area contributed by atoms with Gasteiger partial charge < -0.3 is 19.7 Å². The molecule has 278 valence electrons. The van der Waals surface area contributed by atoms with Crippen LogP contribution in [0.4, 0.5) is 23.2 Å². The van der Waals surface area contributed by atoms with Crippen LogP contribution in [0, 0.1) is 18.7 Å². The fourth-order valence-electron chi connectivity index (χ4n) is 6.44. The highest BCUT2D eigenvalue weighted by Crippen LogP contribution is 2.33. The standard InChI is InChI=1S/C37H36F4N6O6/c1-20(2)18-53-35(50)27(44-33(48)31-21(3)14-23(16-26(31)38)46-12-13-52-19-30(46)37(39,40)41)15-22-7-8-28(32-24(22)6-5-10-43-32)47-34(49)25-9-11-42-17-29(25)45(4)36(47)51/h5-11,14,16-17,20,27,30H,12-13,15,18-19H2,1-4H3,(H,44,48)/t27-,30+/m0/s1. The molecule has 1 N–H and O–H groups in total. The van der Waals surface area contributed by atoms with Crippen LogP contribution in [0.25, 0.3) is 27.5 Å². The van der Waals surface area contributed by atoms with Crippen molar-refractivity contribution in [2.24, 2.45) is 13.0 Å². The maximum absolute atomic E-state index is 15.7. The lowest BCUT2D eigenvalue weighted by molar-refractivity contribution is -0.167. The predicted molar refractivity (Wildman–Crippen MR) is 188 cm³/mol. The highest BCUT2D eigenvalue weighted by Gasteiger charge is 2.45. The van der Waals surface area contributed by atoms with Crippen LogP contribution >= 0.6 is 0 Å². The molecule has 0 unspecified atom stereocenters. The molecule has 2 atom stereocenters. The van der Waals surface area contributed by atoms with E-state index in [1.54, 1.807) is 18.2 Å². The molecular formula is C37H36F4N6O6. The number of pyridine rings is 2. The van der Waals surface area contributed by atoms with Crippen molar-refractivity contribution in [2.75, 3.05) is 31.3 Å². The molecule has 1 saturated heterocycles. The first-order chi connectivity index (χ1) is 25.2. The molecule has 12 nitrogen and oxygen atoms in total. The van der Waals surface area contributed by atoms with Gasteiger partial charge in [0.1, 0.15) is 17.9 Å². The van der Waals surface area contributed by atoms with E-state index >= 15 is 4.39 Å². The first-order valence-corrected chi connectivity index (χ1v) is 16.8. The lowest BCUT2D eigenvalue weighted by Crippen LogP contribution is -2.53. The second kappa shape index (κ2) is 14.8. The van der Waals surface area contributed by atoms with Crippen molar-refractivity contribution in [2.45, 2.75) is 45.5 Å². The maximum atomic E-state index is 15.7. The first kappa shape index (κ1) is 37.1. The van der Waals surface area contributed by atoms with E-state index in [1.165, 1.54) is 55.3 Å². The van der Waals surface area contributed by atoms with Crippen LogP contribution in [0.1, 0.15) is 35.3 Å². The lowest BCUT2D eigenvalue weighted by Gasteiger charge is -2.38. The third-order valence-corrected chi connectivity index (χ3v) is 9.06. The summed E-state index contributed by atoms with van der Waals surface area (Å²) >= 11 is 0. The van der Waals surface area contributed by atoms with E-state index in [-0.39, 0.29) is 59.9 Å². The first-order valence-electron chi connectivity index (χ1n) is 16.8. The quantitative estimate of drug-likeness (QED) is 0.173. The number of esters is 1. The van der Waals surface area contributed by atoms with Gasteiger partial charge in [-0.15, -0.1) is 0 Å². The number of rotatable bonds is 9. The second-order valence-electron chi connectivity index (χ2n) is 13.2. The molecule has 1 fully saturated rings. The molecule has 0 bridgehead atoms. The van der Waals surface area contributed by atoms with Crippen LogP contribution in [0.15, 0.2) is 70.6 Å². The van der Waals surface area contributed by atoms with Crippen LogP contribution < -0.4 is 21.5 Å². The van der Waals surface area contributed by atoms with E-state index in [0.29, 0.717) is 16.5 Å². The van der Waals surface area contributed by atoms with Gasteiger partial charge in [-0.2, -0.15) is 13.2 Å². The van der Waals surface area contributed by atoms with Crippen molar-refractivity contribution in [3.8, 4) is 5.69 Å². The number of carbonyl (C=O) groups is 2. The van der Waals surface area contributed by atoms with E-state index in [9.17, 15) is 32.3 Å². The topological polar surface area (TPSA) is 138 Å². The number of aryl methyl sites for hydroxylation is 2. The summed E-state index contributed by atoms with van der Waals surface area (Å²) < 4.78 is 69.7. The van der Waals surface area contributed by atoms with E-state index in [2.05, 4.69) is 15.3 Å². The number of hydrogen-bond donors (Lipinski definition) is 1. The Hall–Kier alpha value is -5.64. The van der Waals surface area contributed by atoms with Crippen LogP contribution in [0.2, 0.25) is 0 Å². The molecular weight excluding hydrogens is 700 g/mol. The number of nitrogens with zero attached hydrogens (tertiary/aromatic N) is 5. The largest absolute Gasteiger partial charge is 0.464 e. The average Bonchev–Trinajstić information content (AvgIpc) is 3.12. The summed E-state index contributed by atoms with van der Waals surface area (Å²) in [5.41, 5.74) is -0.408. The van der Waals surface area contributed by atoms with E-state index in [1.807, 2.05) is 13.8 Å². The number of morpholine rings is 1. The normalized spacial score (nSPS) is 15.6. The molecule has 1 amide bonds. The van der Waals surface area contributed by atoms with Crippen molar-refractivity contribution in [3.05, 3.63) is 104 Å². The van der Waals surface area contributed by atoms with Gasteiger partial charge in [-0.05, 0) is 54.3 Å². The summed E-state index contributed by atoms with van der Waals surface area (Å²) in [5.74, 6) is -2.91. The highest BCUT2D eigenvalue weighted by molar-refractivity contribution is 5.99. The van der Waals surface area contributed by atoms with Gasteiger partial charge in [-0.3, -0.25) is 24.1 Å². The zero-order valence-corrected chi connectivity index (χ0v) is 29.2. The molecule has 1 aliphatic rings. The fourth-order valence-corrected chi connectivity index (χ4v) is 6.44. The molecule has 4 heterocycles. The van der Waals surface area contributed by atoms with Gasteiger partial charge in [0.2, 0.25) is 0 Å². The van der Waals surface area contributed by atoms with E-state index in [4.69, 9.17) is 9.47 Å². The number of fused-ring (bicyclic) bond motifs is 2. The Morgan fingerprint density at radius 2 is 1.87 bits per heavy atom. The van der Waals surface area contributed by atoms with Gasteiger partial charge in [0.25, 0.3) is 11.5 Å². The monoisotopic (exact) mass is 736 g/mol. The van der Waals surface area contributed by atoms with Crippen LogP contribution in [0.3, 0.4) is 0 Å². The molecule has 0 spiro atoms. The van der Waals surface area contributed by atoms with Crippen molar-refractivity contribution < 1.29 is 36.6 Å². The lowest BCUT2D eigenvalue weighted by atomic mass is 9.99. The number of alkyl halides is 3. The maximum Gasteiger partial charge on any atom is 0.411 e. The zero-order chi connectivity index (χ0) is 38.2. The average molecular weight is 737 g/mol. The Balaban J connectivity index is 1.36. The summed E-state index contributed by atoms with van der Waals surface area (Å²) in [5, 5.41) is 3.29. The summed E-state index contributed by atoms with van der Waals surface area (Å²) in [6, 6.07) is 6.74. The summed E-state index contributed by atoms with van der Waals surface area (Å²) in [7, 11) is 1.52. The molecule has 1 aliphatic heterocycles. The Morgan fingerprint density at radius 3 is 2.58 bits per heavy atom. The summed E-state index contributed by atoms with van der Waals surface area (Å²) in [6.07, 6.45) is -0.457. The molecule has 3 aromatic heterocycles. The van der Waals surface area contributed by atoms with Crippen LogP contribution in [-0.4, -0.2) is 75.6 Å².